The Balaban J connectivity index is 1.63. The molecule has 1 amide bonds. The van der Waals surface area contributed by atoms with Gasteiger partial charge in [0.1, 0.15) is 5.00 Å². The third kappa shape index (κ3) is 5.17. The van der Waals surface area contributed by atoms with Gasteiger partial charge in [-0.2, -0.15) is 0 Å². The first-order valence-electron chi connectivity index (χ1n) is 8.68. The molecule has 0 aliphatic heterocycles. The summed E-state index contributed by atoms with van der Waals surface area (Å²) in [6.45, 7) is 5.73. The largest absolute Gasteiger partial charge is 0.462 e. The third-order valence-corrected chi connectivity index (χ3v) is 6.14. The quantitative estimate of drug-likeness (QED) is 0.400. The van der Waals surface area contributed by atoms with Crippen LogP contribution in [0.5, 0.6) is 0 Å². The van der Waals surface area contributed by atoms with Crippen LogP contribution in [0.3, 0.4) is 0 Å². The maximum absolute atomic E-state index is 12.4. The number of thioether (sulfide) groups is 1. The summed E-state index contributed by atoms with van der Waals surface area (Å²) in [5.74, 6) is -0.325. The highest BCUT2D eigenvalue weighted by Crippen LogP contribution is 2.33. The second kappa shape index (κ2) is 9.43. The van der Waals surface area contributed by atoms with Gasteiger partial charge in [-0.15, -0.1) is 21.5 Å². The lowest BCUT2D eigenvalue weighted by atomic mass is 10.1. The van der Waals surface area contributed by atoms with Gasteiger partial charge >= 0.3 is 5.97 Å². The number of hydrogen-bond acceptors (Lipinski definition) is 8. The van der Waals surface area contributed by atoms with E-state index in [0.717, 1.165) is 27.8 Å². The fraction of sp³-hybridized carbons (Fsp3) is 0.263. The van der Waals surface area contributed by atoms with Crippen LogP contribution >= 0.6 is 34.7 Å². The highest BCUT2D eigenvalue weighted by Gasteiger charge is 2.22. The van der Waals surface area contributed by atoms with Crippen molar-refractivity contribution in [3.05, 3.63) is 45.3 Å². The predicted octanol–water partition coefficient (Wildman–Crippen LogP) is 4.98. The van der Waals surface area contributed by atoms with Crippen LogP contribution in [0.25, 0.3) is 11.5 Å². The van der Waals surface area contributed by atoms with Crippen LogP contribution in [0.15, 0.2) is 33.9 Å². The summed E-state index contributed by atoms with van der Waals surface area (Å²) in [4.78, 5) is 25.5. The van der Waals surface area contributed by atoms with E-state index in [1.54, 1.807) is 31.2 Å². The summed E-state index contributed by atoms with van der Waals surface area (Å²) in [7, 11) is 0. The Hall–Kier alpha value is -2.36. The number of nitrogens with zero attached hydrogens (tertiary/aromatic N) is 2. The van der Waals surface area contributed by atoms with Gasteiger partial charge in [0.2, 0.25) is 11.8 Å². The fourth-order valence-electron chi connectivity index (χ4n) is 2.43. The molecule has 29 heavy (non-hydrogen) atoms. The Labute approximate surface area is 180 Å². The van der Waals surface area contributed by atoms with Crippen LogP contribution in [-0.4, -0.2) is 34.4 Å². The molecule has 152 valence electrons. The normalized spacial score (nSPS) is 10.8. The number of hydrogen-bond donors (Lipinski definition) is 1. The Morgan fingerprint density at radius 1 is 1.24 bits per heavy atom. The molecule has 1 aromatic carbocycles. The van der Waals surface area contributed by atoms with Gasteiger partial charge in [0.15, 0.2) is 0 Å². The number of thiophene rings is 1. The van der Waals surface area contributed by atoms with E-state index in [9.17, 15) is 9.59 Å². The van der Waals surface area contributed by atoms with Crippen LogP contribution < -0.4 is 5.32 Å². The number of carbonyl (C=O) groups is 2. The molecule has 0 saturated carbocycles. The maximum atomic E-state index is 12.4. The molecule has 0 bridgehead atoms. The number of amides is 1. The van der Waals surface area contributed by atoms with Crippen LogP contribution in [0.4, 0.5) is 5.00 Å². The minimum atomic E-state index is -0.443. The van der Waals surface area contributed by atoms with E-state index < -0.39 is 5.97 Å². The molecule has 10 heteroatoms. The zero-order chi connectivity index (χ0) is 21.0. The molecule has 0 radical (unpaired) electrons. The Morgan fingerprint density at radius 3 is 2.66 bits per heavy atom. The molecule has 3 aromatic rings. The van der Waals surface area contributed by atoms with Crippen molar-refractivity contribution < 1.29 is 18.7 Å². The van der Waals surface area contributed by atoms with E-state index in [4.69, 9.17) is 20.8 Å². The molecule has 0 fully saturated rings. The Morgan fingerprint density at radius 2 is 1.97 bits per heavy atom. The molecule has 0 atom stereocenters. The Bertz CT molecular complexity index is 1030. The second-order valence-electron chi connectivity index (χ2n) is 5.92. The zero-order valence-electron chi connectivity index (χ0n) is 15.9. The number of rotatable bonds is 7. The predicted molar refractivity (Wildman–Crippen MR) is 114 cm³/mol. The summed E-state index contributed by atoms with van der Waals surface area (Å²) in [5, 5.41) is 12.1. The lowest BCUT2D eigenvalue weighted by Crippen LogP contribution is -2.16. The number of aromatic nitrogens is 2. The highest BCUT2D eigenvalue weighted by molar-refractivity contribution is 7.99. The summed E-state index contributed by atoms with van der Waals surface area (Å²) >= 11 is 8.33. The fourth-order valence-corrected chi connectivity index (χ4v) is 4.19. The monoisotopic (exact) mass is 451 g/mol. The number of nitrogens with one attached hydrogen (secondary N) is 1. The molecule has 7 nitrogen and oxygen atoms in total. The van der Waals surface area contributed by atoms with Crippen molar-refractivity contribution >= 4 is 51.6 Å². The molecule has 2 aromatic heterocycles. The van der Waals surface area contributed by atoms with E-state index in [0.29, 0.717) is 21.5 Å². The van der Waals surface area contributed by atoms with E-state index in [1.165, 1.54) is 11.3 Å². The van der Waals surface area contributed by atoms with Crippen molar-refractivity contribution in [1.29, 1.82) is 0 Å². The Kier molecular flexibility index (Phi) is 6.94. The van der Waals surface area contributed by atoms with Crippen molar-refractivity contribution in [3.63, 3.8) is 0 Å². The summed E-state index contributed by atoms with van der Waals surface area (Å²) < 4.78 is 10.7. The first-order valence-corrected chi connectivity index (χ1v) is 10.9. The van der Waals surface area contributed by atoms with Crippen LogP contribution in [-0.2, 0) is 9.53 Å². The van der Waals surface area contributed by atoms with Crippen LogP contribution in [0.2, 0.25) is 5.02 Å². The van der Waals surface area contributed by atoms with E-state index in [2.05, 4.69) is 15.5 Å². The van der Waals surface area contributed by atoms with Gasteiger partial charge in [-0.1, -0.05) is 23.4 Å². The molecule has 0 saturated heterocycles. The average Bonchev–Trinajstić information content (AvgIpc) is 3.26. The van der Waals surface area contributed by atoms with Crippen molar-refractivity contribution in [3.8, 4) is 11.5 Å². The number of esters is 1. The number of carbonyl (C=O) groups excluding carboxylic acids is 2. The van der Waals surface area contributed by atoms with Crippen LogP contribution in [0.1, 0.15) is 27.7 Å². The number of halogens is 1. The smallest absolute Gasteiger partial charge is 0.341 e. The topological polar surface area (TPSA) is 94.3 Å². The molecule has 0 aliphatic carbocycles. The summed E-state index contributed by atoms with van der Waals surface area (Å²) in [6, 6.07) is 7.01. The molecular weight excluding hydrogens is 434 g/mol. The van der Waals surface area contributed by atoms with E-state index >= 15 is 0 Å². The van der Waals surface area contributed by atoms with Crippen molar-refractivity contribution in [2.75, 3.05) is 17.7 Å². The lowest BCUT2D eigenvalue weighted by Gasteiger charge is -2.06. The molecule has 0 spiro atoms. The SMILES string of the molecule is CCOC(=O)c1c(NC(=O)CSc2nnc(-c3ccc(Cl)cc3)o2)sc(C)c1C. The number of aryl methyl sites for hydroxylation is 1. The lowest BCUT2D eigenvalue weighted by molar-refractivity contribution is -0.113. The van der Waals surface area contributed by atoms with Gasteiger partial charge in [-0.05, 0) is 50.6 Å². The molecule has 0 aliphatic rings. The van der Waals surface area contributed by atoms with Gasteiger partial charge in [-0.3, -0.25) is 4.79 Å². The average molecular weight is 452 g/mol. The first kappa shape index (κ1) is 21.4. The van der Waals surface area contributed by atoms with Gasteiger partial charge in [0, 0.05) is 15.5 Å². The minimum absolute atomic E-state index is 0.0561. The molecule has 1 N–H and O–H groups in total. The van der Waals surface area contributed by atoms with Gasteiger partial charge in [0.05, 0.1) is 17.9 Å². The van der Waals surface area contributed by atoms with Gasteiger partial charge in [-0.25, -0.2) is 4.79 Å². The van der Waals surface area contributed by atoms with E-state index in [-0.39, 0.29) is 23.5 Å². The van der Waals surface area contributed by atoms with Crippen LogP contribution in [0, 0.1) is 13.8 Å². The standard InChI is InChI=1S/C19H18ClN3O4S2/c1-4-26-18(25)15-10(2)11(3)29-17(15)21-14(24)9-28-19-23-22-16(27-19)12-5-7-13(20)8-6-12/h5-8H,4,9H2,1-3H3,(H,21,24). The van der Waals surface area contributed by atoms with Crippen molar-refractivity contribution in [2.45, 2.75) is 26.0 Å². The molecule has 0 unspecified atom stereocenters. The molecular formula is C19H18ClN3O4S2. The van der Waals surface area contributed by atoms with Crippen molar-refractivity contribution in [2.24, 2.45) is 0 Å². The highest BCUT2D eigenvalue weighted by atomic mass is 35.5. The summed E-state index contributed by atoms with van der Waals surface area (Å²) in [5.41, 5.74) is 1.94. The number of benzene rings is 1. The summed E-state index contributed by atoms with van der Waals surface area (Å²) in [6.07, 6.45) is 0. The second-order valence-corrected chi connectivity index (χ2v) is 8.51. The number of ether oxygens (including phenoxy) is 1. The molecule has 3 rings (SSSR count). The first-order chi connectivity index (χ1) is 13.9. The van der Waals surface area contributed by atoms with Crippen molar-refractivity contribution in [1.82, 2.24) is 10.2 Å². The number of anilines is 1. The molecule has 2 heterocycles. The minimum Gasteiger partial charge on any atom is -0.462 e. The third-order valence-electron chi connectivity index (χ3n) is 3.94. The zero-order valence-corrected chi connectivity index (χ0v) is 18.3. The van der Waals surface area contributed by atoms with Gasteiger partial charge < -0.3 is 14.5 Å². The van der Waals surface area contributed by atoms with Gasteiger partial charge in [0.25, 0.3) is 5.22 Å². The maximum Gasteiger partial charge on any atom is 0.341 e. The van der Waals surface area contributed by atoms with E-state index in [1.807, 2.05) is 13.8 Å².